The highest BCUT2D eigenvalue weighted by molar-refractivity contribution is 6.04. The van der Waals surface area contributed by atoms with Gasteiger partial charge < -0.3 is 4.42 Å². The Bertz CT molecular complexity index is 1200. The lowest BCUT2D eigenvalue weighted by Crippen LogP contribution is -2.14. The zero-order chi connectivity index (χ0) is 26.7. The lowest BCUT2D eigenvalue weighted by atomic mass is 9.77. The average molecular weight is 521 g/mol. The first kappa shape index (κ1) is 28.8. The average Bonchev–Trinajstić information content (AvgIpc) is 2.94. The second kappa shape index (κ2) is 14.8. The van der Waals surface area contributed by atoms with Crippen LogP contribution in [-0.4, -0.2) is 0 Å². The molecule has 0 N–H and O–H groups in total. The largest absolute Gasteiger partial charge is 0.419 e. The third-order valence-electron chi connectivity index (χ3n) is 9.01. The van der Waals surface area contributed by atoms with Crippen molar-refractivity contribution in [2.24, 2.45) is 5.92 Å². The van der Waals surface area contributed by atoms with Crippen LogP contribution in [0, 0.1) is 11.7 Å². The molecule has 2 nitrogen and oxygen atoms in total. The monoisotopic (exact) mass is 520 g/mol. The lowest BCUT2D eigenvalue weighted by Gasteiger charge is -2.29. The maximum absolute atomic E-state index is 15.4. The van der Waals surface area contributed by atoms with E-state index in [0.717, 1.165) is 24.1 Å². The van der Waals surface area contributed by atoms with Gasteiger partial charge in [0, 0.05) is 10.8 Å². The first-order valence-corrected chi connectivity index (χ1v) is 15.8. The molecule has 0 saturated heterocycles. The standard InChI is InChI=1S/C35H49FO2/c1-3-5-7-9-10-11-12-14-16-28-21-24-31-30-23-22-29(25-32(30)35(37)38-34(31)33(28)36)27-19-17-26(18-20-27)15-13-8-6-4-2/h21-27H,3-20H2,1-2H3. The Balaban J connectivity index is 1.39. The summed E-state index contributed by atoms with van der Waals surface area (Å²) in [5.74, 6) is 1.01. The minimum Gasteiger partial charge on any atom is -0.419 e. The van der Waals surface area contributed by atoms with Crippen LogP contribution in [0.25, 0.3) is 21.7 Å². The Labute approximate surface area is 229 Å². The predicted molar refractivity (Wildman–Crippen MR) is 160 cm³/mol. The summed E-state index contributed by atoms with van der Waals surface area (Å²) in [5, 5.41) is 2.10. The van der Waals surface area contributed by atoms with Crippen molar-refractivity contribution in [1.82, 2.24) is 0 Å². The van der Waals surface area contributed by atoms with Gasteiger partial charge in [-0.2, -0.15) is 0 Å². The molecular formula is C35H49FO2. The summed E-state index contributed by atoms with van der Waals surface area (Å²) in [6.07, 6.45) is 22.2. The van der Waals surface area contributed by atoms with Crippen molar-refractivity contribution in [1.29, 1.82) is 0 Å². The normalized spacial score (nSPS) is 18.0. The van der Waals surface area contributed by atoms with Crippen LogP contribution < -0.4 is 5.63 Å². The Hall–Kier alpha value is -2.16. The van der Waals surface area contributed by atoms with E-state index in [9.17, 15) is 4.79 Å². The number of unbranched alkanes of at least 4 members (excludes halogenated alkanes) is 10. The molecule has 0 amide bonds. The zero-order valence-corrected chi connectivity index (χ0v) is 24.0. The van der Waals surface area contributed by atoms with Crippen molar-refractivity contribution < 1.29 is 8.81 Å². The van der Waals surface area contributed by atoms with Crippen molar-refractivity contribution >= 4 is 21.7 Å². The lowest BCUT2D eigenvalue weighted by molar-refractivity contribution is 0.302. The molecule has 0 unspecified atom stereocenters. The quantitative estimate of drug-likeness (QED) is 0.113. The molecule has 38 heavy (non-hydrogen) atoms. The fraction of sp³-hybridized carbons (Fsp3) is 0.629. The second-order valence-electron chi connectivity index (χ2n) is 11.9. The molecule has 2 aromatic carbocycles. The molecule has 0 bridgehead atoms. The molecule has 0 aliphatic heterocycles. The van der Waals surface area contributed by atoms with Gasteiger partial charge in [-0.15, -0.1) is 0 Å². The minimum absolute atomic E-state index is 0.121. The molecule has 1 aliphatic rings. The molecule has 1 aromatic heterocycles. The molecule has 1 heterocycles. The van der Waals surface area contributed by atoms with Gasteiger partial charge in [-0.3, -0.25) is 0 Å². The highest BCUT2D eigenvalue weighted by Crippen LogP contribution is 2.39. The fourth-order valence-corrected chi connectivity index (χ4v) is 6.56. The number of halogens is 1. The van der Waals surface area contributed by atoms with Crippen molar-refractivity contribution in [3.63, 3.8) is 0 Å². The highest BCUT2D eigenvalue weighted by atomic mass is 19.1. The molecule has 3 aromatic rings. The summed E-state index contributed by atoms with van der Waals surface area (Å²) in [4.78, 5) is 13.0. The Kier molecular flexibility index (Phi) is 11.3. The summed E-state index contributed by atoms with van der Waals surface area (Å²) in [7, 11) is 0. The van der Waals surface area contributed by atoms with Crippen molar-refractivity contribution in [3.8, 4) is 0 Å². The summed E-state index contributed by atoms with van der Waals surface area (Å²) in [5.41, 5.74) is 1.60. The summed E-state index contributed by atoms with van der Waals surface area (Å²) in [6, 6.07) is 10.1. The molecule has 0 spiro atoms. The maximum Gasteiger partial charge on any atom is 0.344 e. The van der Waals surface area contributed by atoms with Gasteiger partial charge in [0.05, 0.1) is 5.39 Å². The van der Waals surface area contributed by atoms with Gasteiger partial charge in [0.25, 0.3) is 0 Å². The Morgan fingerprint density at radius 3 is 2.08 bits per heavy atom. The molecule has 1 aliphatic carbocycles. The number of rotatable bonds is 15. The molecule has 0 radical (unpaired) electrons. The van der Waals surface area contributed by atoms with E-state index in [4.69, 9.17) is 4.42 Å². The van der Waals surface area contributed by atoms with Crippen LogP contribution >= 0.6 is 0 Å². The molecule has 1 fully saturated rings. The van der Waals surface area contributed by atoms with E-state index < -0.39 is 5.63 Å². The van der Waals surface area contributed by atoms with Gasteiger partial charge in [-0.1, -0.05) is 115 Å². The smallest absolute Gasteiger partial charge is 0.344 e. The first-order chi connectivity index (χ1) is 18.6. The van der Waals surface area contributed by atoms with E-state index in [-0.39, 0.29) is 11.4 Å². The third-order valence-corrected chi connectivity index (χ3v) is 9.01. The predicted octanol–water partition coefficient (Wildman–Crippen LogP) is 11.0. The summed E-state index contributed by atoms with van der Waals surface area (Å²) < 4.78 is 21.0. The Morgan fingerprint density at radius 1 is 0.737 bits per heavy atom. The van der Waals surface area contributed by atoms with E-state index in [1.807, 2.05) is 24.3 Å². The van der Waals surface area contributed by atoms with Gasteiger partial charge in [0.15, 0.2) is 11.4 Å². The topological polar surface area (TPSA) is 30.2 Å². The van der Waals surface area contributed by atoms with Crippen molar-refractivity contribution in [3.05, 3.63) is 57.7 Å². The van der Waals surface area contributed by atoms with Gasteiger partial charge in [0.1, 0.15) is 0 Å². The van der Waals surface area contributed by atoms with E-state index >= 15 is 4.39 Å². The maximum atomic E-state index is 15.4. The van der Waals surface area contributed by atoms with Gasteiger partial charge in [0.2, 0.25) is 0 Å². The molecule has 4 rings (SSSR count). The minimum atomic E-state index is -0.415. The highest BCUT2D eigenvalue weighted by Gasteiger charge is 2.23. The fourth-order valence-electron chi connectivity index (χ4n) is 6.56. The van der Waals surface area contributed by atoms with Crippen LogP contribution in [-0.2, 0) is 6.42 Å². The number of aryl methyl sites for hydroxylation is 1. The van der Waals surface area contributed by atoms with Crippen LogP contribution in [0.4, 0.5) is 4.39 Å². The molecule has 0 atom stereocenters. The van der Waals surface area contributed by atoms with Crippen LogP contribution in [0.3, 0.4) is 0 Å². The molecular weight excluding hydrogens is 471 g/mol. The van der Waals surface area contributed by atoms with Crippen LogP contribution in [0.2, 0.25) is 0 Å². The summed E-state index contributed by atoms with van der Waals surface area (Å²) >= 11 is 0. The third kappa shape index (κ3) is 7.48. The Morgan fingerprint density at radius 2 is 1.37 bits per heavy atom. The van der Waals surface area contributed by atoms with E-state index in [2.05, 4.69) is 19.9 Å². The SMILES string of the molecule is CCCCCCCCCCc1ccc2c(oc(=O)c3cc(C4CCC(CCCCCC)CC4)ccc32)c1F. The zero-order valence-electron chi connectivity index (χ0n) is 24.0. The number of benzene rings is 2. The molecule has 1 saturated carbocycles. The summed E-state index contributed by atoms with van der Waals surface area (Å²) in [6.45, 7) is 4.51. The van der Waals surface area contributed by atoms with Crippen LogP contribution in [0.5, 0.6) is 0 Å². The van der Waals surface area contributed by atoms with Crippen molar-refractivity contribution in [2.45, 2.75) is 135 Å². The molecule has 208 valence electrons. The molecule has 3 heteroatoms. The first-order valence-electron chi connectivity index (χ1n) is 15.8. The number of hydrogen-bond donors (Lipinski definition) is 0. The van der Waals surface area contributed by atoms with Crippen LogP contribution in [0.1, 0.15) is 140 Å². The van der Waals surface area contributed by atoms with Gasteiger partial charge in [-0.25, -0.2) is 9.18 Å². The van der Waals surface area contributed by atoms with Crippen LogP contribution in [0.15, 0.2) is 39.5 Å². The van der Waals surface area contributed by atoms with Crippen molar-refractivity contribution in [2.75, 3.05) is 0 Å². The number of fused-ring (bicyclic) bond motifs is 3. The van der Waals surface area contributed by atoms with E-state index in [0.29, 0.717) is 28.7 Å². The van der Waals surface area contributed by atoms with E-state index in [1.54, 1.807) is 0 Å². The second-order valence-corrected chi connectivity index (χ2v) is 11.9. The number of hydrogen-bond acceptors (Lipinski definition) is 2. The van der Waals surface area contributed by atoms with Gasteiger partial charge in [-0.05, 0) is 67.6 Å². The van der Waals surface area contributed by atoms with Gasteiger partial charge >= 0.3 is 5.63 Å². The van der Waals surface area contributed by atoms with E-state index in [1.165, 1.54) is 102 Å².